The standard InChI is InChI=1S/C19H20N6O2/c1-12-15(19(26)24-8-2-3-9-24)11-21-25(12)16-10-14(6-7-20-16)18-22-17(23-27-18)13-4-5-13/h6-7,10-11,13H,2-5,8-9H2,1H3. The Morgan fingerprint density at radius 2 is 2.07 bits per heavy atom. The van der Waals surface area contributed by atoms with E-state index in [9.17, 15) is 4.79 Å². The van der Waals surface area contributed by atoms with Gasteiger partial charge >= 0.3 is 0 Å². The highest BCUT2D eigenvalue weighted by Crippen LogP contribution is 2.38. The molecule has 4 heterocycles. The van der Waals surface area contributed by atoms with E-state index in [2.05, 4.69) is 20.2 Å². The van der Waals surface area contributed by atoms with Crippen molar-refractivity contribution in [2.24, 2.45) is 0 Å². The van der Waals surface area contributed by atoms with Crippen LogP contribution in [0.5, 0.6) is 0 Å². The van der Waals surface area contributed by atoms with Crippen molar-refractivity contribution < 1.29 is 9.32 Å². The zero-order valence-corrected chi connectivity index (χ0v) is 15.1. The highest BCUT2D eigenvalue weighted by molar-refractivity contribution is 5.95. The minimum Gasteiger partial charge on any atom is -0.339 e. The molecule has 0 bridgehead atoms. The van der Waals surface area contributed by atoms with E-state index >= 15 is 0 Å². The van der Waals surface area contributed by atoms with Crippen LogP contribution in [-0.4, -0.2) is 48.8 Å². The Balaban J connectivity index is 1.45. The molecule has 2 aliphatic rings. The molecule has 1 saturated carbocycles. The van der Waals surface area contributed by atoms with Crippen molar-refractivity contribution in [3.63, 3.8) is 0 Å². The summed E-state index contributed by atoms with van der Waals surface area (Å²) in [6.45, 7) is 3.53. The molecule has 0 N–H and O–H groups in total. The first-order chi connectivity index (χ1) is 13.2. The smallest absolute Gasteiger partial charge is 0.258 e. The largest absolute Gasteiger partial charge is 0.339 e. The summed E-state index contributed by atoms with van der Waals surface area (Å²) in [4.78, 5) is 23.5. The van der Waals surface area contributed by atoms with Crippen LogP contribution in [0.3, 0.4) is 0 Å². The number of nitrogens with zero attached hydrogens (tertiary/aromatic N) is 6. The van der Waals surface area contributed by atoms with Gasteiger partial charge in [0, 0.05) is 30.8 Å². The van der Waals surface area contributed by atoms with Crippen LogP contribution in [0.15, 0.2) is 29.0 Å². The van der Waals surface area contributed by atoms with Gasteiger partial charge in [-0.1, -0.05) is 5.16 Å². The number of carbonyl (C=O) groups excluding carboxylic acids is 1. The van der Waals surface area contributed by atoms with Crippen LogP contribution < -0.4 is 0 Å². The van der Waals surface area contributed by atoms with Crippen LogP contribution in [-0.2, 0) is 0 Å². The van der Waals surface area contributed by atoms with Crippen molar-refractivity contribution in [1.82, 2.24) is 29.8 Å². The molecule has 1 saturated heterocycles. The van der Waals surface area contributed by atoms with Gasteiger partial charge in [0.15, 0.2) is 11.6 Å². The second-order valence-corrected chi connectivity index (χ2v) is 7.19. The molecule has 0 spiro atoms. The normalized spacial score (nSPS) is 16.9. The maximum Gasteiger partial charge on any atom is 0.258 e. The second-order valence-electron chi connectivity index (χ2n) is 7.19. The van der Waals surface area contributed by atoms with E-state index in [1.807, 2.05) is 24.0 Å². The summed E-state index contributed by atoms with van der Waals surface area (Å²) in [7, 11) is 0. The van der Waals surface area contributed by atoms with Crippen molar-refractivity contribution >= 4 is 5.91 Å². The summed E-state index contributed by atoms with van der Waals surface area (Å²) in [6.07, 6.45) is 7.70. The van der Waals surface area contributed by atoms with Crippen molar-refractivity contribution in [3.8, 4) is 17.3 Å². The van der Waals surface area contributed by atoms with Gasteiger partial charge in [0.2, 0.25) is 0 Å². The molecule has 8 nitrogen and oxygen atoms in total. The summed E-state index contributed by atoms with van der Waals surface area (Å²) in [5.41, 5.74) is 2.19. The monoisotopic (exact) mass is 364 g/mol. The quantitative estimate of drug-likeness (QED) is 0.707. The number of aromatic nitrogens is 5. The summed E-state index contributed by atoms with van der Waals surface area (Å²) in [6, 6.07) is 3.69. The van der Waals surface area contributed by atoms with Crippen LogP contribution in [0.25, 0.3) is 17.3 Å². The minimum absolute atomic E-state index is 0.0402. The zero-order valence-electron chi connectivity index (χ0n) is 15.1. The van der Waals surface area contributed by atoms with E-state index in [1.54, 1.807) is 17.1 Å². The molecule has 1 amide bonds. The molecule has 0 atom stereocenters. The van der Waals surface area contributed by atoms with Gasteiger partial charge in [-0.05, 0) is 44.7 Å². The predicted octanol–water partition coefficient (Wildman–Crippen LogP) is 2.74. The van der Waals surface area contributed by atoms with Gasteiger partial charge in [-0.15, -0.1) is 0 Å². The molecular formula is C19H20N6O2. The van der Waals surface area contributed by atoms with E-state index in [4.69, 9.17) is 4.52 Å². The van der Waals surface area contributed by atoms with Gasteiger partial charge in [-0.2, -0.15) is 10.1 Å². The summed E-state index contributed by atoms with van der Waals surface area (Å²) >= 11 is 0. The average molecular weight is 364 g/mol. The van der Waals surface area contributed by atoms with E-state index in [1.165, 1.54) is 0 Å². The molecule has 8 heteroatoms. The number of pyridine rings is 1. The fourth-order valence-electron chi connectivity index (χ4n) is 3.47. The fraction of sp³-hybridized carbons (Fsp3) is 0.421. The van der Waals surface area contributed by atoms with Crippen molar-refractivity contribution in [3.05, 3.63) is 41.6 Å². The summed E-state index contributed by atoms with van der Waals surface area (Å²) in [5.74, 6) is 2.36. The van der Waals surface area contributed by atoms with E-state index in [0.29, 0.717) is 23.2 Å². The highest BCUT2D eigenvalue weighted by Gasteiger charge is 2.29. The molecule has 0 radical (unpaired) electrons. The lowest BCUT2D eigenvalue weighted by Crippen LogP contribution is -2.27. The third kappa shape index (κ3) is 2.90. The molecule has 2 fully saturated rings. The molecule has 0 aromatic carbocycles. The van der Waals surface area contributed by atoms with Crippen molar-refractivity contribution in [2.45, 2.75) is 38.5 Å². The second kappa shape index (κ2) is 6.29. The van der Waals surface area contributed by atoms with E-state index in [0.717, 1.165) is 55.9 Å². The number of amides is 1. The van der Waals surface area contributed by atoms with E-state index in [-0.39, 0.29) is 5.91 Å². The number of likely N-dealkylation sites (tertiary alicyclic amines) is 1. The molecule has 1 aliphatic carbocycles. The average Bonchev–Trinajstić information content (AvgIpc) is 3.11. The lowest BCUT2D eigenvalue weighted by Gasteiger charge is -2.14. The van der Waals surface area contributed by atoms with Gasteiger partial charge < -0.3 is 9.42 Å². The molecule has 138 valence electrons. The molecule has 5 rings (SSSR count). The Morgan fingerprint density at radius 3 is 2.85 bits per heavy atom. The SMILES string of the molecule is Cc1c(C(=O)N2CCCC2)cnn1-c1cc(-c2nc(C3CC3)no2)ccn1. The minimum atomic E-state index is 0.0402. The maximum atomic E-state index is 12.7. The zero-order chi connectivity index (χ0) is 18.4. The van der Waals surface area contributed by atoms with Crippen LogP contribution in [0, 0.1) is 6.92 Å². The third-order valence-corrected chi connectivity index (χ3v) is 5.23. The number of hydrogen-bond acceptors (Lipinski definition) is 6. The van der Waals surface area contributed by atoms with Gasteiger partial charge in [0.1, 0.15) is 0 Å². The summed E-state index contributed by atoms with van der Waals surface area (Å²) in [5, 5.41) is 8.46. The Labute approximate surface area is 156 Å². The van der Waals surface area contributed by atoms with Crippen molar-refractivity contribution in [1.29, 1.82) is 0 Å². The lowest BCUT2D eigenvalue weighted by molar-refractivity contribution is 0.0792. The third-order valence-electron chi connectivity index (χ3n) is 5.23. The van der Waals surface area contributed by atoms with Crippen LogP contribution in [0.1, 0.15) is 53.5 Å². The summed E-state index contributed by atoms with van der Waals surface area (Å²) < 4.78 is 7.09. The molecule has 3 aromatic rings. The lowest BCUT2D eigenvalue weighted by atomic mass is 10.2. The molecule has 27 heavy (non-hydrogen) atoms. The topological polar surface area (TPSA) is 89.9 Å². The van der Waals surface area contributed by atoms with Gasteiger partial charge in [0.05, 0.1) is 17.5 Å². The Kier molecular flexibility index (Phi) is 3.77. The van der Waals surface area contributed by atoms with Gasteiger partial charge in [-0.3, -0.25) is 4.79 Å². The first kappa shape index (κ1) is 16.2. The first-order valence-corrected chi connectivity index (χ1v) is 9.35. The molecule has 0 unspecified atom stereocenters. The fourth-order valence-corrected chi connectivity index (χ4v) is 3.47. The number of hydrogen-bond donors (Lipinski definition) is 0. The number of rotatable bonds is 4. The Morgan fingerprint density at radius 1 is 1.26 bits per heavy atom. The van der Waals surface area contributed by atoms with Crippen LogP contribution in [0.4, 0.5) is 0 Å². The van der Waals surface area contributed by atoms with E-state index < -0.39 is 0 Å². The first-order valence-electron chi connectivity index (χ1n) is 9.35. The Bertz CT molecular complexity index is 997. The van der Waals surface area contributed by atoms with Crippen LogP contribution >= 0.6 is 0 Å². The molecule has 1 aliphatic heterocycles. The predicted molar refractivity (Wildman–Crippen MR) is 96.5 cm³/mol. The van der Waals surface area contributed by atoms with Gasteiger partial charge in [-0.25, -0.2) is 9.67 Å². The molecule has 3 aromatic heterocycles. The number of carbonyl (C=O) groups is 1. The van der Waals surface area contributed by atoms with Crippen LogP contribution in [0.2, 0.25) is 0 Å². The molecular weight excluding hydrogens is 344 g/mol. The van der Waals surface area contributed by atoms with Crippen molar-refractivity contribution in [2.75, 3.05) is 13.1 Å². The highest BCUT2D eigenvalue weighted by atomic mass is 16.5. The Hall–Kier alpha value is -3.03. The van der Waals surface area contributed by atoms with Gasteiger partial charge in [0.25, 0.3) is 11.8 Å². The maximum absolute atomic E-state index is 12.7.